The molecule has 1 aliphatic carbocycles. The zero-order valence-electron chi connectivity index (χ0n) is 24.5. The topological polar surface area (TPSA) is 107 Å². The largest absolute Gasteiger partial charge is 0.381 e. The molecule has 9 nitrogen and oxygen atoms in total. The van der Waals surface area contributed by atoms with Crippen LogP contribution in [0.25, 0.3) is 22.0 Å². The van der Waals surface area contributed by atoms with E-state index in [1.165, 1.54) is 6.92 Å². The zero-order valence-corrected chi connectivity index (χ0v) is 24.5. The van der Waals surface area contributed by atoms with E-state index in [1.54, 1.807) is 17.1 Å². The second-order valence-electron chi connectivity index (χ2n) is 12.6. The molecule has 0 spiro atoms. The lowest BCUT2D eigenvalue weighted by atomic mass is 9.91. The Bertz CT molecular complexity index is 1510. The molecule has 41 heavy (non-hydrogen) atoms. The highest BCUT2D eigenvalue weighted by Crippen LogP contribution is 2.59. The number of fused-ring (bicyclic) bond motifs is 2. The molecule has 1 amide bonds. The first kappa shape index (κ1) is 27.7. The van der Waals surface area contributed by atoms with Crippen LogP contribution < -0.4 is 0 Å². The van der Waals surface area contributed by atoms with Crippen molar-refractivity contribution in [3.8, 4) is 11.1 Å². The first-order valence-electron chi connectivity index (χ1n) is 14.9. The van der Waals surface area contributed by atoms with Crippen LogP contribution in [-0.4, -0.2) is 67.4 Å². The summed E-state index contributed by atoms with van der Waals surface area (Å²) in [7, 11) is 0. The summed E-state index contributed by atoms with van der Waals surface area (Å²) in [5.74, 6) is 1.23. The lowest BCUT2D eigenvalue weighted by Gasteiger charge is -2.27. The predicted molar refractivity (Wildman–Crippen MR) is 154 cm³/mol. The van der Waals surface area contributed by atoms with E-state index in [0.717, 1.165) is 73.9 Å². The van der Waals surface area contributed by atoms with Crippen LogP contribution >= 0.6 is 0 Å². The fourth-order valence-electron chi connectivity index (χ4n) is 7.00. The molecule has 0 N–H and O–H groups in total. The Labute approximate surface area is 240 Å². The van der Waals surface area contributed by atoms with Crippen molar-refractivity contribution in [1.82, 2.24) is 24.6 Å². The molecule has 6 rings (SSSR count). The second kappa shape index (κ2) is 10.7. The van der Waals surface area contributed by atoms with Gasteiger partial charge in [0, 0.05) is 55.9 Å². The maximum Gasteiger partial charge on any atom is 0.245 e. The normalized spacial score (nSPS) is 24.0. The molecule has 3 fully saturated rings. The molecule has 0 bridgehead atoms. The van der Waals surface area contributed by atoms with Crippen molar-refractivity contribution >= 4 is 28.4 Å². The average molecular weight is 558 g/mol. The number of carbonyl (C=O) groups excluding carboxylic acids is 3. The third kappa shape index (κ3) is 5.32. The van der Waals surface area contributed by atoms with Gasteiger partial charge in [-0.1, -0.05) is 6.92 Å². The molecule has 3 atom stereocenters. The minimum absolute atomic E-state index is 0.00393. The zero-order chi connectivity index (χ0) is 28.9. The van der Waals surface area contributed by atoms with Crippen molar-refractivity contribution in [3.63, 3.8) is 0 Å². The van der Waals surface area contributed by atoms with E-state index >= 15 is 0 Å². The lowest BCUT2D eigenvalue weighted by Crippen LogP contribution is -2.44. The number of aryl methyl sites for hydroxylation is 2. The molecule has 3 aromatic rings. The quantitative estimate of drug-likeness (QED) is 0.346. The summed E-state index contributed by atoms with van der Waals surface area (Å²) in [6.45, 7) is 9.11. The Balaban J connectivity index is 1.23. The number of hydrogen-bond acceptors (Lipinski definition) is 7. The molecular formula is C32H39N5O4. The standard InChI is InChI=1S/C32H39N5O4/c1-19-12-23(24-16-33-21(3)34-17-24)13-25-30(20(2)38)35-36(31(19)25)18-29(40)37-26(14-32(4)15-28(32)37)27(39)7-5-6-22-8-10-41-11-9-22/h12-13,16-17,22,26,28H,5-11,14-15,18H2,1-4H3/t26-,28+,32-/m0/s1. The van der Waals surface area contributed by atoms with Gasteiger partial charge in [0.15, 0.2) is 11.6 Å². The van der Waals surface area contributed by atoms with Crippen LogP contribution in [0.4, 0.5) is 0 Å². The number of rotatable bonds is 9. The predicted octanol–water partition coefficient (Wildman–Crippen LogP) is 4.86. The first-order chi connectivity index (χ1) is 19.6. The third-order valence-electron chi connectivity index (χ3n) is 9.44. The van der Waals surface area contributed by atoms with Crippen LogP contribution in [0.2, 0.25) is 0 Å². The SMILES string of the molecule is CC(=O)c1nn(CC(=O)N2[C@H](C(=O)CCCC3CCOCC3)C[C@@]3(C)C[C@@H]23)c2c(C)cc(-c3cnc(C)nc3)cc12. The van der Waals surface area contributed by atoms with E-state index in [1.807, 2.05) is 30.9 Å². The van der Waals surface area contributed by atoms with E-state index in [4.69, 9.17) is 4.74 Å². The van der Waals surface area contributed by atoms with Gasteiger partial charge in [0.2, 0.25) is 5.91 Å². The Kier molecular flexibility index (Phi) is 7.26. The molecule has 4 heterocycles. The number of Topliss-reactive ketones (excluding diaryl/α,β-unsaturated/α-hetero) is 2. The van der Waals surface area contributed by atoms with Gasteiger partial charge in [-0.15, -0.1) is 0 Å². The molecule has 2 aliphatic heterocycles. The van der Waals surface area contributed by atoms with Gasteiger partial charge in [0.1, 0.15) is 18.1 Å². The summed E-state index contributed by atoms with van der Waals surface area (Å²) >= 11 is 0. The smallest absolute Gasteiger partial charge is 0.245 e. The molecule has 1 aromatic carbocycles. The van der Waals surface area contributed by atoms with Crippen molar-refractivity contribution < 1.29 is 19.1 Å². The van der Waals surface area contributed by atoms with Gasteiger partial charge in [-0.2, -0.15) is 5.10 Å². The van der Waals surface area contributed by atoms with Crippen molar-refractivity contribution in [2.75, 3.05) is 13.2 Å². The van der Waals surface area contributed by atoms with Gasteiger partial charge in [-0.05, 0) is 87.0 Å². The molecule has 0 unspecified atom stereocenters. The summed E-state index contributed by atoms with van der Waals surface area (Å²) < 4.78 is 7.12. The number of benzene rings is 1. The third-order valence-corrected chi connectivity index (χ3v) is 9.44. The molecular weight excluding hydrogens is 518 g/mol. The van der Waals surface area contributed by atoms with Crippen LogP contribution in [0, 0.1) is 25.2 Å². The van der Waals surface area contributed by atoms with E-state index in [9.17, 15) is 14.4 Å². The number of likely N-dealkylation sites (tertiary alicyclic amines) is 1. The minimum atomic E-state index is -0.371. The van der Waals surface area contributed by atoms with Crippen molar-refractivity contribution in [3.05, 3.63) is 41.6 Å². The van der Waals surface area contributed by atoms with Crippen LogP contribution in [0.5, 0.6) is 0 Å². The molecule has 2 saturated heterocycles. The fourth-order valence-corrected chi connectivity index (χ4v) is 7.00. The number of aromatic nitrogens is 4. The van der Waals surface area contributed by atoms with Gasteiger partial charge in [-0.3, -0.25) is 19.1 Å². The van der Waals surface area contributed by atoms with E-state index in [0.29, 0.717) is 29.2 Å². The average Bonchev–Trinajstić information content (AvgIpc) is 3.30. The summed E-state index contributed by atoms with van der Waals surface area (Å²) in [4.78, 5) is 50.4. The Morgan fingerprint density at radius 2 is 1.78 bits per heavy atom. The summed E-state index contributed by atoms with van der Waals surface area (Å²) in [6.07, 6.45) is 9.77. The molecule has 3 aliphatic rings. The molecule has 2 aromatic heterocycles. The lowest BCUT2D eigenvalue weighted by molar-refractivity contribution is -0.139. The summed E-state index contributed by atoms with van der Waals surface area (Å²) in [5, 5.41) is 5.34. The van der Waals surface area contributed by atoms with E-state index in [2.05, 4.69) is 22.0 Å². The highest BCUT2D eigenvalue weighted by molar-refractivity contribution is 6.07. The van der Waals surface area contributed by atoms with Crippen LogP contribution in [0.3, 0.4) is 0 Å². The van der Waals surface area contributed by atoms with Crippen LogP contribution in [0.15, 0.2) is 24.5 Å². The first-order valence-corrected chi connectivity index (χ1v) is 14.9. The highest BCUT2D eigenvalue weighted by Gasteiger charge is 2.64. The second-order valence-corrected chi connectivity index (χ2v) is 12.6. The van der Waals surface area contributed by atoms with Gasteiger partial charge < -0.3 is 9.64 Å². The van der Waals surface area contributed by atoms with Crippen molar-refractivity contribution in [1.29, 1.82) is 0 Å². The van der Waals surface area contributed by atoms with Crippen LogP contribution in [-0.2, 0) is 20.9 Å². The summed E-state index contributed by atoms with van der Waals surface area (Å²) in [5.41, 5.74) is 3.77. The Morgan fingerprint density at radius 3 is 2.49 bits per heavy atom. The van der Waals surface area contributed by atoms with Gasteiger partial charge in [0.25, 0.3) is 0 Å². The highest BCUT2D eigenvalue weighted by atomic mass is 16.5. The number of ketones is 2. The molecule has 9 heteroatoms. The molecule has 0 radical (unpaired) electrons. The maximum atomic E-state index is 13.9. The summed E-state index contributed by atoms with van der Waals surface area (Å²) in [6, 6.07) is 3.67. The minimum Gasteiger partial charge on any atom is -0.381 e. The van der Waals surface area contributed by atoms with E-state index in [-0.39, 0.29) is 41.5 Å². The number of amides is 1. The van der Waals surface area contributed by atoms with Gasteiger partial charge >= 0.3 is 0 Å². The number of hydrogen-bond donors (Lipinski definition) is 0. The number of ether oxygens (including phenoxy) is 1. The number of nitrogens with zero attached hydrogens (tertiary/aromatic N) is 5. The maximum absolute atomic E-state index is 13.9. The van der Waals surface area contributed by atoms with E-state index < -0.39 is 0 Å². The fraction of sp³-hybridized carbons (Fsp3) is 0.562. The van der Waals surface area contributed by atoms with Crippen LogP contribution in [0.1, 0.15) is 80.7 Å². The molecule has 216 valence electrons. The Hall–Kier alpha value is -3.46. The number of carbonyl (C=O) groups is 3. The molecule has 1 saturated carbocycles. The van der Waals surface area contributed by atoms with Gasteiger partial charge in [0.05, 0.1) is 11.6 Å². The van der Waals surface area contributed by atoms with Crippen molar-refractivity contribution in [2.24, 2.45) is 11.3 Å². The number of piperidine rings is 1. The van der Waals surface area contributed by atoms with Crippen molar-refractivity contribution in [2.45, 2.75) is 91.3 Å². The Morgan fingerprint density at radius 1 is 1.05 bits per heavy atom. The van der Waals surface area contributed by atoms with Gasteiger partial charge in [-0.25, -0.2) is 9.97 Å². The monoisotopic (exact) mass is 557 g/mol.